The minimum atomic E-state index is -1.46. The lowest BCUT2D eigenvalue weighted by Crippen LogP contribution is -2.36. The summed E-state index contributed by atoms with van der Waals surface area (Å²) in [5, 5.41) is 25.8. The van der Waals surface area contributed by atoms with E-state index in [0.717, 1.165) is 18.6 Å². The van der Waals surface area contributed by atoms with Gasteiger partial charge in [-0.25, -0.2) is 14.4 Å². The number of hydrogen-bond acceptors (Lipinski definition) is 9. The van der Waals surface area contributed by atoms with Crippen LogP contribution in [0.5, 0.6) is 23.0 Å². The normalized spacial score (nSPS) is 24.1. The molecule has 3 aromatic rings. The van der Waals surface area contributed by atoms with E-state index in [2.05, 4.69) is 10.6 Å². The molecule has 0 aromatic heterocycles. The Bertz CT molecular complexity index is 1710. The zero-order chi connectivity index (χ0) is 29.9. The summed E-state index contributed by atoms with van der Waals surface area (Å²) >= 11 is 1.83. The highest BCUT2D eigenvalue weighted by Crippen LogP contribution is 2.57. The fourth-order valence-electron chi connectivity index (χ4n) is 6.33. The maximum absolute atomic E-state index is 13.1. The average molecular weight is 603 g/mol. The third-order valence-corrected chi connectivity index (χ3v) is 9.81. The molecular formula is C31H26N2O9S. The Morgan fingerprint density at radius 2 is 1.74 bits per heavy atom. The van der Waals surface area contributed by atoms with Gasteiger partial charge in [0.05, 0.1) is 23.2 Å². The molecule has 4 N–H and O–H groups in total. The predicted octanol–water partition coefficient (Wildman–Crippen LogP) is 4.29. The number of unbranched alkanes of at least 4 members (excludes halogenated alkanes) is 1. The van der Waals surface area contributed by atoms with Crippen LogP contribution in [0.2, 0.25) is 0 Å². The number of benzene rings is 3. The molecule has 2 saturated heterocycles. The lowest BCUT2D eigenvalue weighted by atomic mass is 9.77. The van der Waals surface area contributed by atoms with E-state index in [-0.39, 0.29) is 58.7 Å². The topological polar surface area (TPSA) is 160 Å². The fourth-order valence-corrected chi connectivity index (χ4v) is 7.88. The van der Waals surface area contributed by atoms with E-state index < -0.39 is 23.5 Å². The van der Waals surface area contributed by atoms with Gasteiger partial charge in [0.2, 0.25) is 0 Å². The van der Waals surface area contributed by atoms with Crippen LogP contribution in [0.1, 0.15) is 63.1 Å². The van der Waals surface area contributed by atoms with Gasteiger partial charge < -0.3 is 35.1 Å². The smallest absolute Gasteiger partial charge is 0.340 e. The monoisotopic (exact) mass is 602 g/mol. The van der Waals surface area contributed by atoms with Crippen LogP contribution in [0.15, 0.2) is 54.6 Å². The predicted molar refractivity (Wildman–Crippen MR) is 153 cm³/mol. The first-order chi connectivity index (χ1) is 20.7. The van der Waals surface area contributed by atoms with Crippen LogP contribution in [-0.2, 0) is 15.1 Å². The maximum Gasteiger partial charge on any atom is 0.340 e. The Kier molecular flexibility index (Phi) is 6.46. The number of urea groups is 1. The van der Waals surface area contributed by atoms with E-state index in [0.29, 0.717) is 28.4 Å². The molecule has 0 saturated carbocycles. The van der Waals surface area contributed by atoms with Crippen molar-refractivity contribution in [2.45, 2.75) is 48.6 Å². The summed E-state index contributed by atoms with van der Waals surface area (Å²) in [5.74, 6) is -0.729. The van der Waals surface area contributed by atoms with Gasteiger partial charge in [-0.2, -0.15) is 11.8 Å². The molecule has 12 heteroatoms. The van der Waals surface area contributed by atoms with E-state index in [1.54, 1.807) is 24.3 Å². The second-order valence-electron chi connectivity index (χ2n) is 10.9. The Hall–Kier alpha value is -4.71. The average Bonchev–Trinajstić information content (AvgIpc) is 3.62. The third kappa shape index (κ3) is 4.53. The number of carbonyl (C=O) groups excluding carboxylic acids is 3. The molecule has 4 aliphatic rings. The Morgan fingerprint density at radius 1 is 0.977 bits per heavy atom. The van der Waals surface area contributed by atoms with Crippen molar-refractivity contribution in [3.05, 3.63) is 82.4 Å². The van der Waals surface area contributed by atoms with Crippen molar-refractivity contribution in [1.82, 2.24) is 10.6 Å². The largest absolute Gasteiger partial charge is 0.508 e. The van der Waals surface area contributed by atoms with Gasteiger partial charge in [-0.05, 0) is 49.2 Å². The summed E-state index contributed by atoms with van der Waals surface area (Å²) in [7, 11) is 0. The number of carboxylic acids is 1. The minimum Gasteiger partial charge on any atom is -0.508 e. The van der Waals surface area contributed by atoms with Crippen molar-refractivity contribution in [2.24, 2.45) is 0 Å². The second-order valence-corrected chi connectivity index (χ2v) is 12.2. The Labute approximate surface area is 249 Å². The first-order valence-electron chi connectivity index (χ1n) is 13.9. The van der Waals surface area contributed by atoms with Crippen molar-refractivity contribution in [1.29, 1.82) is 0 Å². The van der Waals surface area contributed by atoms with Gasteiger partial charge in [0.1, 0.15) is 23.0 Å². The molecule has 4 heterocycles. The number of thioether (sulfide) groups is 1. The van der Waals surface area contributed by atoms with Crippen LogP contribution < -0.4 is 20.1 Å². The zero-order valence-electron chi connectivity index (χ0n) is 22.6. The molecule has 0 aliphatic carbocycles. The first-order valence-corrected chi connectivity index (χ1v) is 14.9. The number of phenolic OH excluding ortho intramolecular Hbond substituents is 1. The van der Waals surface area contributed by atoms with E-state index in [1.807, 2.05) is 11.8 Å². The van der Waals surface area contributed by atoms with Crippen LogP contribution >= 0.6 is 11.8 Å². The van der Waals surface area contributed by atoms with E-state index >= 15 is 0 Å². The Morgan fingerprint density at radius 3 is 2.56 bits per heavy atom. The fraction of sp³-hybridized carbons (Fsp3) is 0.290. The quantitative estimate of drug-likeness (QED) is 0.133. The summed E-state index contributed by atoms with van der Waals surface area (Å²) in [4.78, 5) is 48.9. The number of phenols is 1. The molecule has 4 atom stereocenters. The molecular weight excluding hydrogens is 576 g/mol. The minimum absolute atomic E-state index is 0.0540. The molecule has 0 radical (unpaired) electrons. The van der Waals surface area contributed by atoms with Crippen molar-refractivity contribution >= 4 is 35.7 Å². The highest BCUT2D eigenvalue weighted by molar-refractivity contribution is 8.00. The molecule has 3 aromatic carbocycles. The number of aromatic hydroxyl groups is 1. The standard InChI is InChI=1S/C31H26N2O9S/c34-16-6-9-20-23(12-16)41-24-13-17(40-26(35)4-2-1-3-25-27-22(14-43-25)32-30(39)33-27)7-10-21(24)31(20)19-8-5-15(28(36)37)11-18(19)29(38)42-31/h5-13,22,25,27,34H,1-4,14H2,(H,36,37)(H2,32,33,39)/t22-,25-,27-,31?/m0/s1. The van der Waals surface area contributed by atoms with Gasteiger partial charge in [0, 0.05) is 46.2 Å². The van der Waals surface area contributed by atoms with Crippen molar-refractivity contribution in [3.63, 3.8) is 0 Å². The summed E-state index contributed by atoms with van der Waals surface area (Å²) < 4.78 is 17.7. The van der Waals surface area contributed by atoms with Gasteiger partial charge >= 0.3 is 23.9 Å². The molecule has 1 unspecified atom stereocenters. The lowest BCUT2D eigenvalue weighted by Gasteiger charge is -2.36. The van der Waals surface area contributed by atoms with Gasteiger partial charge in [-0.3, -0.25) is 4.79 Å². The number of amides is 2. The van der Waals surface area contributed by atoms with Crippen molar-refractivity contribution in [2.75, 3.05) is 5.75 Å². The summed E-state index contributed by atoms with van der Waals surface area (Å²) in [5.41, 5.74) is -0.0572. The van der Waals surface area contributed by atoms with E-state index in [4.69, 9.17) is 14.2 Å². The molecule has 0 bridgehead atoms. The summed E-state index contributed by atoms with van der Waals surface area (Å²) in [6, 6.07) is 13.6. The highest BCUT2D eigenvalue weighted by Gasteiger charge is 2.54. The molecule has 4 aliphatic heterocycles. The maximum atomic E-state index is 13.1. The highest BCUT2D eigenvalue weighted by atomic mass is 32.2. The van der Waals surface area contributed by atoms with Crippen molar-refractivity contribution < 1.29 is 43.6 Å². The number of esters is 2. The van der Waals surface area contributed by atoms with Gasteiger partial charge in [-0.15, -0.1) is 0 Å². The first kappa shape index (κ1) is 27.1. The summed E-state index contributed by atoms with van der Waals surface area (Å²) in [6.07, 6.45) is 2.55. The number of hydrogen-bond donors (Lipinski definition) is 4. The number of carboxylic acid groups (broad SMARTS) is 1. The van der Waals surface area contributed by atoms with Crippen LogP contribution in [0.25, 0.3) is 0 Å². The number of rotatable bonds is 7. The number of ether oxygens (including phenoxy) is 3. The van der Waals surface area contributed by atoms with Gasteiger partial charge in [-0.1, -0.05) is 12.5 Å². The number of fused-ring (bicyclic) bond motifs is 7. The van der Waals surface area contributed by atoms with Crippen LogP contribution in [-0.4, -0.2) is 57.2 Å². The number of carbonyl (C=O) groups is 4. The lowest BCUT2D eigenvalue weighted by molar-refractivity contribution is -0.134. The molecule has 11 nitrogen and oxygen atoms in total. The zero-order valence-corrected chi connectivity index (χ0v) is 23.4. The molecule has 2 amide bonds. The molecule has 220 valence electrons. The van der Waals surface area contributed by atoms with Crippen LogP contribution in [0.3, 0.4) is 0 Å². The van der Waals surface area contributed by atoms with Crippen LogP contribution in [0, 0.1) is 0 Å². The molecule has 7 rings (SSSR count). The molecule has 43 heavy (non-hydrogen) atoms. The van der Waals surface area contributed by atoms with E-state index in [1.165, 1.54) is 30.3 Å². The second kappa shape index (κ2) is 10.2. The number of nitrogens with one attached hydrogen (secondary N) is 2. The van der Waals surface area contributed by atoms with Gasteiger partial charge in [0.15, 0.2) is 5.60 Å². The Balaban J connectivity index is 1.10. The third-order valence-electron chi connectivity index (χ3n) is 8.30. The molecule has 2 fully saturated rings. The van der Waals surface area contributed by atoms with Crippen LogP contribution in [0.4, 0.5) is 4.79 Å². The van der Waals surface area contributed by atoms with Gasteiger partial charge in [0.25, 0.3) is 0 Å². The SMILES string of the molecule is O=C1N[C@H]2[C@H](CS[C@H]2CCCCC(=O)Oc2ccc3c(c2)Oc2cc(O)ccc2C32OC(=O)c3cc(C(=O)O)ccc32)N1. The number of aromatic carboxylic acids is 1. The molecule has 1 spiro atoms. The summed E-state index contributed by atoms with van der Waals surface area (Å²) in [6.45, 7) is 0. The van der Waals surface area contributed by atoms with E-state index in [9.17, 15) is 29.4 Å². The van der Waals surface area contributed by atoms with Crippen molar-refractivity contribution in [3.8, 4) is 23.0 Å².